The normalized spacial score (nSPS) is 14.8. The molecule has 0 aliphatic rings. The Balaban J connectivity index is 3.53. The summed E-state index contributed by atoms with van der Waals surface area (Å²) >= 11 is 0. The number of quaternary nitrogens is 1. The van der Waals surface area contributed by atoms with E-state index in [1.54, 1.807) is 0 Å². The number of hydrogen-bond acceptors (Lipinski definition) is 2. The van der Waals surface area contributed by atoms with Crippen molar-refractivity contribution in [3.63, 3.8) is 0 Å². The first-order valence-corrected chi connectivity index (χ1v) is 16.0. The largest absolute Gasteiger partial charge is 0.373 e. The number of allylic oxidation sites excluding steroid dienone is 4. The average Bonchev–Trinajstić information content (AvgIpc) is 2.75. The lowest BCUT2D eigenvalue weighted by atomic mass is 10.0. The number of hydrogen-bond donors (Lipinski definition) is 3. The summed E-state index contributed by atoms with van der Waals surface area (Å²) in [7, 11) is 0.979. The molecule has 1 atom stereocenters. The van der Waals surface area contributed by atoms with Gasteiger partial charge in [-0.05, 0) is 57.8 Å². The Labute approximate surface area is 217 Å². The summed E-state index contributed by atoms with van der Waals surface area (Å²) in [6.07, 6.45) is 31.3. The third-order valence-corrected chi connectivity index (χ3v) is 7.95. The van der Waals surface area contributed by atoms with Gasteiger partial charge in [-0.15, -0.1) is 0 Å². The van der Waals surface area contributed by atoms with Gasteiger partial charge in [0.2, 0.25) is 5.34 Å². The maximum atomic E-state index is 11.8. The summed E-state index contributed by atoms with van der Waals surface area (Å²) in [5, 5.41) is 8.65. The SMILES string of the molecule is CCC/C=C\CCCC/C=C\CCCCCCCCCCCCCC(O)(C[N+](C)(C)C)P(=O)(O)O. The van der Waals surface area contributed by atoms with Gasteiger partial charge in [-0.2, -0.15) is 0 Å². The van der Waals surface area contributed by atoms with Gasteiger partial charge < -0.3 is 19.4 Å². The van der Waals surface area contributed by atoms with Crippen molar-refractivity contribution < 1.29 is 23.9 Å². The molecule has 6 heteroatoms. The van der Waals surface area contributed by atoms with Crippen molar-refractivity contribution in [2.24, 2.45) is 0 Å². The Morgan fingerprint density at radius 3 is 1.34 bits per heavy atom. The van der Waals surface area contributed by atoms with Crippen molar-refractivity contribution in [1.82, 2.24) is 0 Å². The molecular weight excluding hydrogens is 457 g/mol. The van der Waals surface area contributed by atoms with Crippen LogP contribution in [0.25, 0.3) is 0 Å². The van der Waals surface area contributed by atoms with Crippen LogP contribution in [0.3, 0.4) is 0 Å². The summed E-state index contributed by atoms with van der Waals surface area (Å²) < 4.78 is 12.1. The van der Waals surface area contributed by atoms with Gasteiger partial charge in [0, 0.05) is 0 Å². The van der Waals surface area contributed by atoms with E-state index in [4.69, 9.17) is 0 Å². The van der Waals surface area contributed by atoms with E-state index < -0.39 is 12.9 Å². The minimum Gasteiger partial charge on any atom is -0.373 e. The summed E-state index contributed by atoms with van der Waals surface area (Å²) in [5.74, 6) is 0. The van der Waals surface area contributed by atoms with Crippen LogP contribution in [0.1, 0.15) is 129 Å². The van der Waals surface area contributed by atoms with Crippen molar-refractivity contribution in [3.05, 3.63) is 24.3 Å². The van der Waals surface area contributed by atoms with E-state index >= 15 is 0 Å². The first-order chi connectivity index (χ1) is 16.5. The van der Waals surface area contributed by atoms with Gasteiger partial charge in [0.1, 0.15) is 6.54 Å². The minimum absolute atomic E-state index is 0.0603. The van der Waals surface area contributed by atoms with Crippen LogP contribution in [-0.4, -0.2) is 52.4 Å². The second-order valence-electron chi connectivity index (χ2n) is 11.4. The molecule has 0 heterocycles. The zero-order chi connectivity index (χ0) is 26.5. The molecular formula is C29H59NO4P+. The standard InChI is InChI=1S/C29H58NO4P/c1-5-6-7-8-9-10-11-12-13-14-15-16-17-18-19-20-21-22-23-24-25-26-27-29(31,35(32,33)34)28-30(2,3)4/h7-8,13-14,31H,5-6,9-12,15-28H2,1-4H3,(H-,32,33,34)/p+1/b8-7-,14-13-. The fraction of sp³-hybridized carbons (Fsp3) is 0.862. The number of aliphatic hydroxyl groups is 1. The first-order valence-electron chi connectivity index (χ1n) is 14.4. The highest BCUT2D eigenvalue weighted by Crippen LogP contribution is 2.52. The molecule has 0 bridgehead atoms. The highest BCUT2D eigenvalue weighted by atomic mass is 31.2. The average molecular weight is 517 g/mol. The van der Waals surface area contributed by atoms with E-state index in [1.807, 2.05) is 21.1 Å². The lowest BCUT2D eigenvalue weighted by Crippen LogP contribution is -2.49. The van der Waals surface area contributed by atoms with Gasteiger partial charge >= 0.3 is 7.60 Å². The lowest BCUT2D eigenvalue weighted by molar-refractivity contribution is -0.875. The molecule has 0 aliphatic carbocycles. The van der Waals surface area contributed by atoms with Crippen LogP contribution in [0.2, 0.25) is 0 Å². The molecule has 35 heavy (non-hydrogen) atoms. The van der Waals surface area contributed by atoms with Crippen molar-refractivity contribution in [2.45, 2.75) is 134 Å². The van der Waals surface area contributed by atoms with Crippen LogP contribution in [0, 0.1) is 0 Å². The zero-order valence-corrected chi connectivity index (χ0v) is 24.5. The van der Waals surface area contributed by atoms with E-state index in [9.17, 15) is 19.5 Å². The van der Waals surface area contributed by atoms with Gasteiger partial charge in [-0.3, -0.25) is 4.57 Å². The molecule has 0 spiro atoms. The third-order valence-electron chi connectivity index (χ3n) is 6.50. The molecule has 3 N–H and O–H groups in total. The number of likely N-dealkylation sites (N-methyl/N-ethyl adjacent to an activating group) is 1. The van der Waals surface area contributed by atoms with Crippen molar-refractivity contribution in [3.8, 4) is 0 Å². The molecule has 0 aromatic rings. The maximum absolute atomic E-state index is 11.8. The lowest BCUT2D eigenvalue weighted by Gasteiger charge is -2.35. The van der Waals surface area contributed by atoms with Crippen LogP contribution in [0.15, 0.2) is 24.3 Å². The predicted octanol–water partition coefficient (Wildman–Crippen LogP) is 8.10. The highest BCUT2D eigenvalue weighted by Gasteiger charge is 2.48. The number of unbranched alkanes of at least 4 members (excludes halogenated alkanes) is 15. The molecule has 5 nitrogen and oxygen atoms in total. The van der Waals surface area contributed by atoms with E-state index in [-0.39, 0.29) is 13.0 Å². The zero-order valence-electron chi connectivity index (χ0n) is 23.6. The van der Waals surface area contributed by atoms with Gasteiger partial charge in [-0.25, -0.2) is 0 Å². The maximum Gasteiger partial charge on any atom is 0.362 e. The third kappa shape index (κ3) is 21.4. The van der Waals surface area contributed by atoms with E-state index in [0.717, 1.165) is 12.8 Å². The monoisotopic (exact) mass is 516 g/mol. The van der Waals surface area contributed by atoms with Crippen molar-refractivity contribution in [2.75, 3.05) is 27.7 Å². The van der Waals surface area contributed by atoms with E-state index in [1.165, 1.54) is 96.3 Å². The summed E-state index contributed by atoms with van der Waals surface area (Å²) in [6.45, 7) is 2.28. The second-order valence-corrected chi connectivity index (χ2v) is 13.3. The Kier molecular flexibility index (Phi) is 20.3. The quantitative estimate of drug-likeness (QED) is 0.0524. The highest BCUT2D eigenvalue weighted by molar-refractivity contribution is 7.53. The van der Waals surface area contributed by atoms with Crippen LogP contribution in [0.4, 0.5) is 0 Å². The molecule has 0 amide bonds. The van der Waals surface area contributed by atoms with Crippen LogP contribution in [-0.2, 0) is 4.57 Å². The molecule has 1 unspecified atom stereocenters. The summed E-state index contributed by atoms with van der Waals surface area (Å²) in [6, 6.07) is 0. The predicted molar refractivity (Wildman–Crippen MR) is 152 cm³/mol. The minimum atomic E-state index is -4.55. The molecule has 208 valence electrons. The fourth-order valence-corrected chi connectivity index (χ4v) is 5.56. The van der Waals surface area contributed by atoms with Gasteiger partial charge in [0.25, 0.3) is 0 Å². The molecule has 0 aromatic heterocycles. The summed E-state index contributed by atoms with van der Waals surface area (Å²) in [4.78, 5) is 19.2. The van der Waals surface area contributed by atoms with Crippen LogP contribution < -0.4 is 0 Å². The summed E-state index contributed by atoms with van der Waals surface area (Å²) in [5.41, 5.74) is 0. The molecule has 0 aromatic carbocycles. The Bertz CT molecular complexity index is 594. The number of nitrogens with zero attached hydrogens (tertiary/aromatic N) is 1. The van der Waals surface area contributed by atoms with Crippen LogP contribution in [0.5, 0.6) is 0 Å². The van der Waals surface area contributed by atoms with Gasteiger partial charge in [0.05, 0.1) is 21.1 Å². The Morgan fingerprint density at radius 1 is 0.629 bits per heavy atom. The molecule has 0 rings (SSSR count). The molecule has 0 radical (unpaired) electrons. The Hall–Kier alpha value is -0.450. The first kappa shape index (κ1) is 34.6. The molecule has 0 saturated carbocycles. The molecule has 0 saturated heterocycles. The van der Waals surface area contributed by atoms with Gasteiger partial charge in [-0.1, -0.05) is 95.4 Å². The fourth-order valence-electron chi connectivity index (χ4n) is 4.50. The molecule has 0 fully saturated rings. The molecule has 0 aliphatic heterocycles. The van der Waals surface area contributed by atoms with Crippen molar-refractivity contribution >= 4 is 7.60 Å². The number of rotatable bonds is 24. The van der Waals surface area contributed by atoms with Crippen molar-refractivity contribution in [1.29, 1.82) is 0 Å². The van der Waals surface area contributed by atoms with E-state index in [2.05, 4.69) is 31.2 Å². The topological polar surface area (TPSA) is 77.8 Å². The smallest absolute Gasteiger partial charge is 0.362 e. The van der Waals surface area contributed by atoms with Gasteiger partial charge in [0.15, 0.2) is 0 Å². The Morgan fingerprint density at radius 2 is 0.971 bits per heavy atom. The second kappa shape index (κ2) is 20.6. The van der Waals surface area contributed by atoms with Crippen LogP contribution >= 0.6 is 7.60 Å². The van der Waals surface area contributed by atoms with E-state index in [0.29, 0.717) is 10.9 Å².